The lowest BCUT2D eigenvalue weighted by Crippen LogP contribution is -2.32. The summed E-state index contributed by atoms with van der Waals surface area (Å²) in [6.07, 6.45) is 1.13. The Bertz CT molecular complexity index is 545. The van der Waals surface area contributed by atoms with E-state index in [1.54, 1.807) is 18.2 Å². The average molecular weight is 330 g/mol. The smallest absolute Gasteiger partial charge is 0.249 e. The first-order valence-corrected chi connectivity index (χ1v) is 7.17. The van der Waals surface area contributed by atoms with Crippen LogP contribution in [0.4, 0.5) is 0 Å². The fourth-order valence-corrected chi connectivity index (χ4v) is 1.80. The summed E-state index contributed by atoms with van der Waals surface area (Å²) >= 11 is 11.7. The summed E-state index contributed by atoms with van der Waals surface area (Å²) in [5.41, 5.74) is 2.89. The zero-order valence-corrected chi connectivity index (χ0v) is 13.3. The SMILES string of the molecule is CC(C)CNC(=O)CC(=O)N/N=C\c1ccc(Cl)cc1Cl. The van der Waals surface area contributed by atoms with Crippen LogP contribution in [0.1, 0.15) is 25.8 Å². The Labute approximate surface area is 133 Å². The highest BCUT2D eigenvalue weighted by Crippen LogP contribution is 2.19. The van der Waals surface area contributed by atoms with Gasteiger partial charge in [-0.2, -0.15) is 5.10 Å². The molecule has 5 nitrogen and oxygen atoms in total. The number of nitrogens with zero attached hydrogens (tertiary/aromatic N) is 1. The normalized spacial score (nSPS) is 10.9. The van der Waals surface area contributed by atoms with E-state index in [9.17, 15) is 9.59 Å². The Morgan fingerprint density at radius 3 is 2.62 bits per heavy atom. The lowest BCUT2D eigenvalue weighted by Gasteiger charge is -2.06. The largest absolute Gasteiger partial charge is 0.355 e. The maximum Gasteiger partial charge on any atom is 0.249 e. The van der Waals surface area contributed by atoms with Crippen LogP contribution in [0.5, 0.6) is 0 Å². The molecule has 0 atom stereocenters. The predicted octanol–water partition coefficient (Wildman–Crippen LogP) is 2.61. The molecule has 1 aromatic carbocycles. The highest BCUT2D eigenvalue weighted by Gasteiger charge is 2.08. The molecule has 0 heterocycles. The number of hydrogen-bond acceptors (Lipinski definition) is 3. The molecule has 0 saturated heterocycles. The van der Waals surface area contributed by atoms with Crippen molar-refractivity contribution in [2.24, 2.45) is 11.0 Å². The molecule has 2 N–H and O–H groups in total. The Kier molecular flexibility index (Phi) is 7.19. The summed E-state index contributed by atoms with van der Waals surface area (Å²) in [6, 6.07) is 4.91. The molecule has 0 spiro atoms. The Morgan fingerprint density at radius 1 is 1.29 bits per heavy atom. The molecule has 21 heavy (non-hydrogen) atoms. The number of nitrogens with one attached hydrogen (secondary N) is 2. The number of amides is 2. The minimum absolute atomic E-state index is 0.265. The summed E-state index contributed by atoms with van der Waals surface area (Å²) in [6.45, 7) is 4.48. The molecule has 1 rings (SSSR count). The van der Waals surface area contributed by atoms with Gasteiger partial charge >= 0.3 is 0 Å². The topological polar surface area (TPSA) is 70.6 Å². The van der Waals surface area contributed by atoms with Gasteiger partial charge in [0, 0.05) is 17.1 Å². The lowest BCUT2D eigenvalue weighted by molar-refractivity contribution is -0.129. The van der Waals surface area contributed by atoms with Crippen LogP contribution in [0, 0.1) is 5.92 Å². The number of benzene rings is 1. The second kappa shape index (κ2) is 8.64. The molecule has 0 radical (unpaired) electrons. The van der Waals surface area contributed by atoms with Crippen LogP contribution in [-0.4, -0.2) is 24.6 Å². The van der Waals surface area contributed by atoms with Crippen molar-refractivity contribution in [1.82, 2.24) is 10.7 Å². The number of hydrogen-bond donors (Lipinski definition) is 2. The van der Waals surface area contributed by atoms with E-state index in [0.717, 1.165) is 0 Å². The van der Waals surface area contributed by atoms with Crippen molar-refractivity contribution >= 4 is 41.2 Å². The van der Waals surface area contributed by atoms with E-state index in [0.29, 0.717) is 28.1 Å². The molecule has 0 fully saturated rings. The average Bonchev–Trinajstić information content (AvgIpc) is 2.39. The zero-order chi connectivity index (χ0) is 15.8. The summed E-state index contributed by atoms with van der Waals surface area (Å²) in [7, 11) is 0. The first-order chi connectivity index (χ1) is 9.88. The van der Waals surface area contributed by atoms with Crippen LogP contribution < -0.4 is 10.7 Å². The van der Waals surface area contributed by atoms with Crippen LogP contribution >= 0.6 is 23.2 Å². The number of rotatable bonds is 6. The fourth-order valence-electron chi connectivity index (χ4n) is 1.35. The molecule has 7 heteroatoms. The molecule has 1 aromatic rings. The molecule has 0 unspecified atom stereocenters. The van der Waals surface area contributed by atoms with Crippen LogP contribution in [-0.2, 0) is 9.59 Å². The van der Waals surface area contributed by atoms with Crippen molar-refractivity contribution in [3.05, 3.63) is 33.8 Å². The van der Waals surface area contributed by atoms with Gasteiger partial charge in [-0.1, -0.05) is 43.1 Å². The second-order valence-electron chi connectivity index (χ2n) is 4.83. The van der Waals surface area contributed by atoms with Gasteiger partial charge in [0.25, 0.3) is 0 Å². The summed E-state index contributed by atoms with van der Waals surface area (Å²) in [5.74, 6) is -0.486. The molecule has 0 bridgehead atoms. The Morgan fingerprint density at radius 2 is 2.00 bits per heavy atom. The van der Waals surface area contributed by atoms with E-state index in [-0.39, 0.29) is 12.3 Å². The minimum atomic E-state index is -0.488. The van der Waals surface area contributed by atoms with Gasteiger partial charge < -0.3 is 5.32 Å². The van der Waals surface area contributed by atoms with Crippen molar-refractivity contribution < 1.29 is 9.59 Å². The van der Waals surface area contributed by atoms with Crippen LogP contribution in [0.2, 0.25) is 10.0 Å². The van der Waals surface area contributed by atoms with Crippen molar-refractivity contribution in [3.63, 3.8) is 0 Å². The first kappa shape index (κ1) is 17.5. The molecule has 0 aromatic heterocycles. The predicted molar refractivity (Wildman–Crippen MR) is 84.7 cm³/mol. The maximum absolute atomic E-state index is 11.5. The number of halogens is 2. The fraction of sp³-hybridized carbons (Fsp3) is 0.357. The van der Waals surface area contributed by atoms with Crippen LogP contribution in [0.3, 0.4) is 0 Å². The third-order valence-corrected chi connectivity index (χ3v) is 2.95. The molecule has 0 saturated carbocycles. The number of carbonyl (C=O) groups is 2. The van der Waals surface area contributed by atoms with Gasteiger partial charge in [-0.25, -0.2) is 5.43 Å². The standard InChI is InChI=1S/C14H17Cl2N3O2/c1-9(2)7-17-13(20)6-14(21)19-18-8-10-3-4-11(15)5-12(10)16/h3-5,8-9H,6-7H2,1-2H3,(H,17,20)(H,19,21)/b18-8-. The van der Waals surface area contributed by atoms with E-state index < -0.39 is 5.91 Å². The van der Waals surface area contributed by atoms with E-state index in [4.69, 9.17) is 23.2 Å². The highest BCUT2D eigenvalue weighted by molar-refractivity contribution is 6.36. The quantitative estimate of drug-likeness (QED) is 0.478. The molecular formula is C14H17Cl2N3O2. The third-order valence-electron chi connectivity index (χ3n) is 2.38. The van der Waals surface area contributed by atoms with Crippen molar-refractivity contribution in [1.29, 1.82) is 0 Å². The Balaban J connectivity index is 2.42. The van der Waals surface area contributed by atoms with Crippen LogP contribution in [0.25, 0.3) is 0 Å². The second-order valence-corrected chi connectivity index (χ2v) is 5.68. The first-order valence-electron chi connectivity index (χ1n) is 6.42. The summed E-state index contributed by atoms with van der Waals surface area (Å²) in [5, 5.41) is 7.34. The van der Waals surface area contributed by atoms with Gasteiger partial charge in [0.15, 0.2) is 0 Å². The van der Waals surface area contributed by atoms with Gasteiger partial charge in [0.1, 0.15) is 6.42 Å². The van der Waals surface area contributed by atoms with Crippen LogP contribution in [0.15, 0.2) is 23.3 Å². The lowest BCUT2D eigenvalue weighted by atomic mass is 10.2. The summed E-state index contributed by atoms with van der Waals surface area (Å²) in [4.78, 5) is 22.9. The minimum Gasteiger partial charge on any atom is -0.355 e. The zero-order valence-electron chi connectivity index (χ0n) is 11.8. The van der Waals surface area contributed by atoms with Crippen molar-refractivity contribution in [2.45, 2.75) is 20.3 Å². The van der Waals surface area contributed by atoms with Gasteiger partial charge in [-0.15, -0.1) is 0 Å². The summed E-state index contributed by atoms with van der Waals surface area (Å²) < 4.78 is 0. The number of carbonyl (C=O) groups excluding carboxylic acids is 2. The van der Waals surface area contributed by atoms with E-state index in [1.165, 1.54) is 6.21 Å². The molecule has 0 aliphatic carbocycles. The molecule has 2 amide bonds. The molecular weight excluding hydrogens is 313 g/mol. The molecule has 0 aliphatic heterocycles. The monoisotopic (exact) mass is 329 g/mol. The molecule has 114 valence electrons. The third kappa shape index (κ3) is 7.11. The van der Waals surface area contributed by atoms with Gasteiger partial charge in [-0.05, 0) is 18.1 Å². The van der Waals surface area contributed by atoms with Gasteiger partial charge in [-0.3, -0.25) is 9.59 Å². The number of hydrazone groups is 1. The van der Waals surface area contributed by atoms with E-state index in [1.807, 2.05) is 13.8 Å². The molecule has 0 aliphatic rings. The van der Waals surface area contributed by atoms with Gasteiger partial charge in [0.2, 0.25) is 11.8 Å². The van der Waals surface area contributed by atoms with Crippen molar-refractivity contribution in [3.8, 4) is 0 Å². The van der Waals surface area contributed by atoms with Gasteiger partial charge in [0.05, 0.1) is 11.2 Å². The maximum atomic E-state index is 11.5. The van der Waals surface area contributed by atoms with Crippen molar-refractivity contribution in [2.75, 3.05) is 6.54 Å². The van der Waals surface area contributed by atoms with E-state index in [2.05, 4.69) is 15.8 Å². The highest BCUT2D eigenvalue weighted by atomic mass is 35.5. The Hall–Kier alpha value is -1.59. The van der Waals surface area contributed by atoms with E-state index >= 15 is 0 Å².